The first-order valence-corrected chi connectivity index (χ1v) is 6.01. The molecule has 0 aliphatic heterocycles. The molecule has 2 rings (SSSR count). The molecular formula is C10H14BrN3O. The van der Waals surface area contributed by atoms with Crippen molar-refractivity contribution < 1.29 is 0 Å². The fourth-order valence-corrected chi connectivity index (χ4v) is 1.90. The lowest BCUT2D eigenvalue weighted by Crippen LogP contribution is -2.25. The minimum absolute atomic E-state index is 0.0413. The second-order valence-electron chi connectivity index (χ2n) is 3.83. The van der Waals surface area contributed by atoms with Gasteiger partial charge >= 0.3 is 0 Å². The number of hydrogen-bond donors (Lipinski definition) is 1. The zero-order valence-corrected chi connectivity index (χ0v) is 10.2. The van der Waals surface area contributed by atoms with Crippen LogP contribution < -0.4 is 10.9 Å². The molecule has 5 heteroatoms. The Bertz CT molecular complexity index is 412. The van der Waals surface area contributed by atoms with Crippen LogP contribution in [0, 0.1) is 5.92 Å². The molecule has 82 valence electrons. The van der Waals surface area contributed by atoms with E-state index in [1.807, 2.05) is 6.92 Å². The minimum Gasteiger partial charge on any atom is -0.383 e. The maximum absolute atomic E-state index is 11.8. The molecule has 0 radical (unpaired) electrons. The summed E-state index contributed by atoms with van der Waals surface area (Å²) in [6, 6.07) is 0. The van der Waals surface area contributed by atoms with E-state index in [9.17, 15) is 4.79 Å². The summed E-state index contributed by atoms with van der Waals surface area (Å²) in [6.07, 6.45) is 4.15. The summed E-state index contributed by atoms with van der Waals surface area (Å²) >= 11 is 3.31. The Hall–Kier alpha value is -0.840. The quantitative estimate of drug-likeness (QED) is 0.909. The molecule has 1 aromatic rings. The molecule has 0 spiro atoms. The number of nitrogens with one attached hydrogen (secondary N) is 1. The Morgan fingerprint density at radius 3 is 3.00 bits per heavy atom. The molecule has 1 N–H and O–H groups in total. The van der Waals surface area contributed by atoms with E-state index in [-0.39, 0.29) is 5.56 Å². The van der Waals surface area contributed by atoms with E-state index in [0.717, 1.165) is 18.8 Å². The third-order valence-corrected chi connectivity index (χ3v) is 3.25. The van der Waals surface area contributed by atoms with Gasteiger partial charge < -0.3 is 5.32 Å². The Balaban J connectivity index is 2.26. The summed E-state index contributed by atoms with van der Waals surface area (Å²) < 4.78 is 2.13. The predicted molar refractivity (Wildman–Crippen MR) is 63.1 cm³/mol. The molecule has 0 saturated heterocycles. The Labute approximate surface area is 96.8 Å². The van der Waals surface area contributed by atoms with Crippen LogP contribution in [-0.2, 0) is 6.54 Å². The molecule has 0 aromatic carbocycles. The van der Waals surface area contributed by atoms with Crippen LogP contribution in [0.25, 0.3) is 0 Å². The number of halogens is 1. The van der Waals surface area contributed by atoms with Crippen LogP contribution >= 0.6 is 15.9 Å². The topological polar surface area (TPSA) is 46.9 Å². The first-order valence-electron chi connectivity index (χ1n) is 5.22. The molecule has 1 saturated carbocycles. The van der Waals surface area contributed by atoms with Crippen LogP contribution in [0.2, 0.25) is 0 Å². The second-order valence-corrected chi connectivity index (χ2v) is 4.63. The molecule has 1 aromatic heterocycles. The summed E-state index contributed by atoms with van der Waals surface area (Å²) in [5, 5.41) is 7.24. The number of aromatic nitrogens is 2. The maximum atomic E-state index is 11.8. The Morgan fingerprint density at radius 2 is 2.40 bits per heavy atom. The highest BCUT2D eigenvalue weighted by atomic mass is 79.9. The standard InChI is InChI=1S/C10H14BrN3O/c1-2-12-8-5-13-14(6-7-3-4-7)10(15)9(8)11/h5,7,12H,2-4,6H2,1H3. The van der Waals surface area contributed by atoms with Crippen LogP contribution in [0.1, 0.15) is 19.8 Å². The molecule has 15 heavy (non-hydrogen) atoms. The normalized spacial score (nSPS) is 15.3. The van der Waals surface area contributed by atoms with Gasteiger partial charge in [0.2, 0.25) is 0 Å². The van der Waals surface area contributed by atoms with E-state index in [2.05, 4.69) is 26.3 Å². The molecule has 0 bridgehead atoms. The van der Waals surface area contributed by atoms with E-state index in [0.29, 0.717) is 10.4 Å². The monoisotopic (exact) mass is 271 g/mol. The first-order chi connectivity index (χ1) is 7.22. The van der Waals surface area contributed by atoms with Gasteiger partial charge in [-0.25, -0.2) is 4.68 Å². The van der Waals surface area contributed by atoms with Gasteiger partial charge in [0.05, 0.1) is 11.9 Å². The smallest absolute Gasteiger partial charge is 0.283 e. The molecule has 0 atom stereocenters. The first kappa shape index (κ1) is 10.7. The van der Waals surface area contributed by atoms with Crippen molar-refractivity contribution in [2.75, 3.05) is 11.9 Å². The van der Waals surface area contributed by atoms with Crippen molar-refractivity contribution >= 4 is 21.6 Å². The SMILES string of the molecule is CCNc1cnn(CC2CC2)c(=O)c1Br. The predicted octanol–water partition coefficient (Wildman–Crippen LogP) is 1.85. The molecule has 1 fully saturated rings. The molecule has 1 aliphatic carbocycles. The summed E-state index contributed by atoms with van der Waals surface area (Å²) in [6.45, 7) is 3.53. The van der Waals surface area contributed by atoms with E-state index >= 15 is 0 Å². The van der Waals surface area contributed by atoms with Crippen molar-refractivity contribution in [3.05, 3.63) is 21.0 Å². The van der Waals surface area contributed by atoms with E-state index in [1.165, 1.54) is 12.8 Å². The van der Waals surface area contributed by atoms with Gasteiger partial charge in [0.1, 0.15) is 4.47 Å². The van der Waals surface area contributed by atoms with Gasteiger partial charge in [0, 0.05) is 13.1 Å². The average molecular weight is 272 g/mol. The lowest BCUT2D eigenvalue weighted by molar-refractivity contribution is 0.532. The third-order valence-electron chi connectivity index (χ3n) is 2.48. The number of rotatable bonds is 4. The molecule has 0 amide bonds. The van der Waals surface area contributed by atoms with Crippen molar-refractivity contribution in [2.24, 2.45) is 5.92 Å². The van der Waals surface area contributed by atoms with Gasteiger partial charge in [-0.15, -0.1) is 0 Å². The summed E-state index contributed by atoms with van der Waals surface area (Å²) in [5.74, 6) is 0.659. The minimum atomic E-state index is -0.0413. The zero-order chi connectivity index (χ0) is 10.8. The molecular weight excluding hydrogens is 258 g/mol. The fourth-order valence-electron chi connectivity index (χ4n) is 1.45. The molecule has 0 unspecified atom stereocenters. The fraction of sp³-hybridized carbons (Fsp3) is 0.600. The number of hydrogen-bond acceptors (Lipinski definition) is 3. The lowest BCUT2D eigenvalue weighted by Gasteiger charge is -2.08. The van der Waals surface area contributed by atoms with Crippen LogP contribution in [0.3, 0.4) is 0 Å². The number of nitrogens with zero attached hydrogens (tertiary/aromatic N) is 2. The molecule has 4 nitrogen and oxygen atoms in total. The van der Waals surface area contributed by atoms with E-state index in [1.54, 1.807) is 10.9 Å². The molecule has 1 heterocycles. The van der Waals surface area contributed by atoms with Gasteiger partial charge in [-0.1, -0.05) is 0 Å². The largest absolute Gasteiger partial charge is 0.383 e. The van der Waals surface area contributed by atoms with Crippen LogP contribution in [0.15, 0.2) is 15.5 Å². The van der Waals surface area contributed by atoms with Gasteiger partial charge in [0.15, 0.2) is 0 Å². The third kappa shape index (κ3) is 2.40. The molecule has 1 aliphatic rings. The van der Waals surface area contributed by atoms with Gasteiger partial charge in [-0.05, 0) is 41.6 Å². The maximum Gasteiger partial charge on any atom is 0.283 e. The average Bonchev–Trinajstić information content (AvgIpc) is 3.02. The van der Waals surface area contributed by atoms with Crippen molar-refractivity contribution in [3.8, 4) is 0 Å². The van der Waals surface area contributed by atoms with Crippen molar-refractivity contribution in [1.82, 2.24) is 9.78 Å². The highest BCUT2D eigenvalue weighted by Gasteiger charge is 2.23. The van der Waals surface area contributed by atoms with Crippen molar-refractivity contribution in [2.45, 2.75) is 26.3 Å². The van der Waals surface area contributed by atoms with Gasteiger partial charge in [-0.3, -0.25) is 4.79 Å². The summed E-state index contributed by atoms with van der Waals surface area (Å²) in [7, 11) is 0. The summed E-state index contributed by atoms with van der Waals surface area (Å²) in [5.41, 5.74) is 0.731. The highest BCUT2D eigenvalue weighted by Crippen LogP contribution is 2.30. The van der Waals surface area contributed by atoms with Gasteiger partial charge in [0.25, 0.3) is 5.56 Å². The highest BCUT2D eigenvalue weighted by molar-refractivity contribution is 9.10. The number of anilines is 1. The Kier molecular flexibility index (Phi) is 3.09. The van der Waals surface area contributed by atoms with Crippen molar-refractivity contribution in [1.29, 1.82) is 0 Å². The second kappa shape index (κ2) is 4.35. The summed E-state index contributed by atoms with van der Waals surface area (Å²) in [4.78, 5) is 11.8. The van der Waals surface area contributed by atoms with Crippen LogP contribution in [0.5, 0.6) is 0 Å². The van der Waals surface area contributed by atoms with Crippen LogP contribution in [-0.4, -0.2) is 16.3 Å². The van der Waals surface area contributed by atoms with Crippen LogP contribution in [0.4, 0.5) is 5.69 Å². The Morgan fingerprint density at radius 1 is 1.67 bits per heavy atom. The zero-order valence-electron chi connectivity index (χ0n) is 8.66. The van der Waals surface area contributed by atoms with Gasteiger partial charge in [-0.2, -0.15) is 5.10 Å². The van der Waals surface area contributed by atoms with E-state index < -0.39 is 0 Å². The lowest BCUT2D eigenvalue weighted by atomic mass is 10.4. The van der Waals surface area contributed by atoms with E-state index in [4.69, 9.17) is 0 Å². The van der Waals surface area contributed by atoms with Crippen molar-refractivity contribution in [3.63, 3.8) is 0 Å².